The molecule has 27 heavy (non-hydrogen) atoms. The molecule has 0 saturated carbocycles. The van der Waals surface area contributed by atoms with E-state index in [0.717, 1.165) is 16.7 Å². The number of benzene rings is 3. The maximum Gasteiger partial charge on any atom is 0.228 e. The smallest absolute Gasteiger partial charge is 0.228 e. The molecule has 0 radical (unpaired) electrons. The van der Waals surface area contributed by atoms with Crippen LogP contribution in [0.2, 0.25) is 0 Å². The number of hydrogen-bond donors (Lipinski definition) is 0. The van der Waals surface area contributed by atoms with Crippen molar-refractivity contribution in [3.8, 4) is 28.5 Å². The third-order valence-corrected chi connectivity index (χ3v) is 4.23. The molecule has 0 aliphatic heterocycles. The summed E-state index contributed by atoms with van der Waals surface area (Å²) in [5.41, 5.74) is 3.93. The second-order valence-corrected chi connectivity index (χ2v) is 6.00. The third-order valence-electron chi connectivity index (χ3n) is 4.23. The van der Waals surface area contributed by atoms with Crippen molar-refractivity contribution in [1.29, 1.82) is 5.26 Å². The van der Waals surface area contributed by atoms with Crippen molar-refractivity contribution < 1.29 is 4.42 Å². The average molecular weight is 348 g/mol. The Bertz CT molecular complexity index is 1110. The van der Waals surface area contributed by atoms with Gasteiger partial charge in [0.25, 0.3) is 0 Å². The number of furan rings is 1. The molecule has 0 bridgehead atoms. The standard InChI is InChI=1S/C24H16N2O/c25-16-21-22(19-12-6-2-7-13-19)24(26-17-18-10-4-1-5-11-18)27-23(21)20-14-8-3-9-15-20/h1-15,17H/b26-17+. The second kappa shape index (κ2) is 7.55. The maximum absolute atomic E-state index is 9.86. The molecular weight excluding hydrogens is 332 g/mol. The van der Waals surface area contributed by atoms with Crippen molar-refractivity contribution >= 4 is 12.1 Å². The van der Waals surface area contributed by atoms with Gasteiger partial charge < -0.3 is 4.42 Å². The van der Waals surface area contributed by atoms with Gasteiger partial charge in [-0.15, -0.1) is 0 Å². The van der Waals surface area contributed by atoms with Crippen molar-refractivity contribution in [2.75, 3.05) is 0 Å². The fraction of sp³-hybridized carbons (Fsp3) is 0. The summed E-state index contributed by atoms with van der Waals surface area (Å²) in [5.74, 6) is 0.970. The SMILES string of the molecule is N#Cc1c(-c2ccccc2)oc(/N=C/c2ccccc2)c1-c1ccccc1. The van der Waals surface area contributed by atoms with Gasteiger partial charge in [0.1, 0.15) is 11.6 Å². The molecule has 0 unspecified atom stereocenters. The largest absolute Gasteiger partial charge is 0.436 e. The highest BCUT2D eigenvalue weighted by atomic mass is 16.4. The number of hydrogen-bond acceptors (Lipinski definition) is 3. The first-order valence-corrected chi connectivity index (χ1v) is 8.63. The lowest BCUT2D eigenvalue weighted by molar-refractivity contribution is 0.593. The van der Waals surface area contributed by atoms with Gasteiger partial charge in [0.15, 0.2) is 5.76 Å². The number of rotatable bonds is 4. The van der Waals surface area contributed by atoms with Crippen molar-refractivity contribution in [3.63, 3.8) is 0 Å². The molecule has 0 N–H and O–H groups in total. The van der Waals surface area contributed by atoms with E-state index in [1.807, 2.05) is 91.0 Å². The Balaban J connectivity index is 1.90. The first-order chi connectivity index (χ1) is 13.4. The molecule has 0 aliphatic carbocycles. The van der Waals surface area contributed by atoms with E-state index in [1.54, 1.807) is 6.21 Å². The predicted molar refractivity (Wildman–Crippen MR) is 108 cm³/mol. The van der Waals surface area contributed by atoms with Crippen LogP contribution in [-0.4, -0.2) is 6.21 Å². The van der Waals surface area contributed by atoms with E-state index < -0.39 is 0 Å². The van der Waals surface area contributed by atoms with Crippen LogP contribution in [0.5, 0.6) is 0 Å². The summed E-state index contributed by atoms with van der Waals surface area (Å²) < 4.78 is 6.08. The minimum Gasteiger partial charge on any atom is -0.436 e. The molecule has 4 aromatic rings. The van der Waals surface area contributed by atoms with Crippen LogP contribution < -0.4 is 0 Å². The topological polar surface area (TPSA) is 49.3 Å². The van der Waals surface area contributed by atoms with Crippen LogP contribution in [0.3, 0.4) is 0 Å². The summed E-state index contributed by atoms with van der Waals surface area (Å²) in [5, 5.41) is 9.86. The van der Waals surface area contributed by atoms with Crippen molar-refractivity contribution in [2.45, 2.75) is 0 Å². The molecule has 1 aromatic heterocycles. The van der Waals surface area contributed by atoms with E-state index in [-0.39, 0.29) is 0 Å². The predicted octanol–water partition coefficient (Wildman–Crippen LogP) is 6.24. The van der Waals surface area contributed by atoms with E-state index in [9.17, 15) is 5.26 Å². The van der Waals surface area contributed by atoms with Gasteiger partial charge in [0.2, 0.25) is 5.88 Å². The Morgan fingerprint density at radius 3 is 1.89 bits per heavy atom. The van der Waals surface area contributed by atoms with Crippen molar-refractivity contribution in [2.24, 2.45) is 4.99 Å². The minimum atomic E-state index is 0.431. The average Bonchev–Trinajstić information content (AvgIpc) is 3.13. The zero-order chi connectivity index (χ0) is 18.5. The molecule has 0 aliphatic rings. The lowest BCUT2D eigenvalue weighted by atomic mass is 10.0. The molecule has 0 amide bonds. The first kappa shape index (κ1) is 16.6. The van der Waals surface area contributed by atoms with Gasteiger partial charge in [-0.05, 0) is 11.1 Å². The van der Waals surface area contributed by atoms with Gasteiger partial charge in [-0.3, -0.25) is 0 Å². The lowest BCUT2D eigenvalue weighted by Crippen LogP contribution is -1.83. The van der Waals surface area contributed by atoms with Crippen LogP contribution in [0.1, 0.15) is 11.1 Å². The Morgan fingerprint density at radius 2 is 1.30 bits per heavy atom. The van der Waals surface area contributed by atoms with Gasteiger partial charge in [-0.1, -0.05) is 91.0 Å². The van der Waals surface area contributed by atoms with E-state index in [0.29, 0.717) is 22.8 Å². The molecule has 0 fully saturated rings. The van der Waals surface area contributed by atoms with E-state index in [4.69, 9.17) is 4.42 Å². The second-order valence-electron chi connectivity index (χ2n) is 6.00. The zero-order valence-corrected chi connectivity index (χ0v) is 14.5. The molecule has 4 rings (SSSR count). The Hall–Kier alpha value is -3.90. The summed E-state index contributed by atoms with van der Waals surface area (Å²) in [4.78, 5) is 4.56. The molecule has 3 nitrogen and oxygen atoms in total. The van der Waals surface area contributed by atoms with Gasteiger partial charge in [-0.2, -0.15) is 5.26 Å². The Labute approximate surface area is 157 Å². The van der Waals surface area contributed by atoms with Crippen LogP contribution in [-0.2, 0) is 0 Å². The van der Waals surface area contributed by atoms with Crippen molar-refractivity contribution in [1.82, 2.24) is 0 Å². The maximum atomic E-state index is 9.86. The van der Waals surface area contributed by atoms with Crippen LogP contribution in [0, 0.1) is 11.3 Å². The fourth-order valence-corrected chi connectivity index (χ4v) is 2.95. The lowest BCUT2D eigenvalue weighted by Gasteiger charge is -2.00. The van der Waals surface area contributed by atoms with Crippen molar-refractivity contribution in [3.05, 3.63) is 102 Å². The number of aliphatic imine (C=N–C) groups is 1. The van der Waals surface area contributed by atoms with Gasteiger partial charge in [-0.25, -0.2) is 4.99 Å². The first-order valence-electron chi connectivity index (χ1n) is 8.63. The van der Waals surface area contributed by atoms with Gasteiger partial charge >= 0.3 is 0 Å². The Morgan fingerprint density at radius 1 is 0.741 bits per heavy atom. The summed E-state index contributed by atoms with van der Waals surface area (Å²) in [6.07, 6.45) is 1.75. The molecule has 3 aromatic carbocycles. The van der Waals surface area contributed by atoms with E-state index in [1.165, 1.54) is 0 Å². The molecule has 0 atom stereocenters. The molecule has 0 saturated heterocycles. The summed E-state index contributed by atoms with van der Waals surface area (Å²) >= 11 is 0. The normalized spacial score (nSPS) is 10.8. The summed E-state index contributed by atoms with van der Waals surface area (Å²) in [6.45, 7) is 0. The number of nitriles is 1. The van der Waals surface area contributed by atoms with Gasteiger partial charge in [0, 0.05) is 11.8 Å². The van der Waals surface area contributed by atoms with E-state index in [2.05, 4.69) is 11.1 Å². The third kappa shape index (κ3) is 3.42. The molecule has 3 heteroatoms. The molecular formula is C24H16N2O. The highest BCUT2D eigenvalue weighted by Crippen LogP contribution is 2.42. The minimum absolute atomic E-state index is 0.431. The molecule has 1 heterocycles. The Kier molecular flexibility index (Phi) is 4.63. The quantitative estimate of drug-likeness (QED) is 0.410. The van der Waals surface area contributed by atoms with Gasteiger partial charge in [0.05, 0.1) is 5.56 Å². The highest BCUT2D eigenvalue weighted by molar-refractivity contribution is 5.89. The highest BCUT2D eigenvalue weighted by Gasteiger charge is 2.22. The van der Waals surface area contributed by atoms with Crippen LogP contribution in [0.15, 0.2) is 100 Å². The summed E-state index contributed by atoms with van der Waals surface area (Å²) in [6, 6.07) is 31.5. The summed E-state index contributed by atoms with van der Waals surface area (Å²) in [7, 11) is 0. The monoisotopic (exact) mass is 348 g/mol. The fourth-order valence-electron chi connectivity index (χ4n) is 2.95. The van der Waals surface area contributed by atoms with Crippen LogP contribution in [0.25, 0.3) is 22.5 Å². The van der Waals surface area contributed by atoms with Crippen LogP contribution >= 0.6 is 0 Å². The molecule has 128 valence electrons. The number of nitrogens with zero attached hydrogens (tertiary/aromatic N) is 2. The zero-order valence-electron chi connectivity index (χ0n) is 14.5. The van der Waals surface area contributed by atoms with Crippen LogP contribution in [0.4, 0.5) is 5.88 Å². The van der Waals surface area contributed by atoms with E-state index >= 15 is 0 Å². The molecule has 0 spiro atoms.